The maximum absolute atomic E-state index is 11.9. The van der Waals surface area contributed by atoms with Gasteiger partial charge in [-0.2, -0.15) is 0 Å². The van der Waals surface area contributed by atoms with Crippen LogP contribution in [0.1, 0.15) is 44.6 Å². The number of hydrogen-bond donors (Lipinski definition) is 2. The van der Waals surface area contributed by atoms with Crippen LogP contribution in [-0.4, -0.2) is 29.6 Å². The Labute approximate surface area is 131 Å². The number of amides is 1. The fourth-order valence-electron chi connectivity index (χ4n) is 1.99. The Hall–Kier alpha value is -1.88. The molecule has 1 amide bonds. The number of aliphatic hydroxyl groups excluding tert-OH is 1. The minimum atomic E-state index is -0.998. The molecule has 0 radical (unpaired) electrons. The normalized spacial score (nSPS) is 11.7. The summed E-state index contributed by atoms with van der Waals surface area (Å²) >= 11 is 0. The van der Waals surface area contributed by atoms with Crippen LogP contribution in [-0.2, 0) is 20.9 Å². The molecule has 0 spiro atoms. The van der Waals surface area contributed by atoms with E-state index in [1.54, 1.807) is 0 Å². The fraction of sp³-hybridized carbons (Fsp3) is 0.529. The number of carbonyl (C=O) groups is 2. The first kappa shape index (κ1) is 18.2. The average Bonchev–Trinajstić information content (AvgIpc) is 2.55. The lowest BCUT2D eigenvalue weighted by atomic mass is 10.1. The Morgan fingerprint density at radius 1 is 1.18 bits per heavy atom. The van der Waals surface area contributed by atoms with E-state index in [4.69, 9.17) is 4.74 Å². The molecule has 5 nitrogen and oxygen atoms in total. The van der Waals surface area contributed by atoms with Crippen molar-refractivity contribution in [1.82, 2.24) is 5.32 Å². The molecule has 0 saturated heterocycles. The van der Waals surface area contributed by atoms with Crippen molar-refractivity contribution in [1.29, 1.82) is 0 Å². The molecule has 0 aliphatic rings. The fourth-order valence-corrected chi connectivity index (χ4v) is 1.99. The van der Waals surface area contributed by atoms with Crippen LogP contribution >= 0.6 is 0 Å². The van der Waals surface area contributed by atoms with Crippen molar-refractivity contribution in [2.24, 2.45) is 0 Å². The lowest BCUT2D eigenvalue weighted by Crippen LogP contribution is -2.44. The maximum Gasteiger partial charge on any atom is 0.331 e. The van der Waals surface area contributed by atoms with Gasteiger partial charge in [-0.3, -0.25) is 4.79 Å². The Morgan fingerprint density at radius 2 is 1.91 bits per heavy atom. The standard InChI is InChI=1S/C17H25NO4/c1-2-3-4-8-11-16(20)18-15(12-19)17(21)22-13-14-9-6-5-7-10-14/h5-7,9-10,15,19H,2-4,8,11-13H2,1H3,(H,18,20)/t15-/m1/s1. The highest BCUT2D eigenvalue weighted by atomic mass is 16.5. The highest BCUT2D eigenvalue weighted by Gasteiger charge is 2.21. The molecule has 1 rings (SSSR count). The van der Waals surface area contributed by atoms with E-state index >= 15 is 0 Å². The van der Waals surface area contributed by atoms with E-state index in [2.05, 4.69) is 12.2 Å². The number of benzene rings is 1. The second kappa shape index (κ2) is 10.8. The molecule has 1 atom stereocenters. The second-order valence-electron chi connectivity index (χ2n) is 5.21. The zero-order valence-corrected chi connectivity index (χ0v) is 13.1. The van der Waals surface area contributed by atoms with Crippen molar-refractivity contribution in [3.8, 4) is 0 Å². The van der Waals surface area contributed by atoms with Gasteiger partial charge < -0.3 is 15.2 Å². The summed E-state index contributed by atoms with van der Waals surface area (Å²) in [5.41, 5.74) is 0.860. The molecule has 0 saturated carbocycles. The van der Waals surface area contributed by atoms with Gasteiger partial charge in [0.15, 0.2) is 6.04 Å². The summed E-state index contributed by atoms with van der Waals surface area (Å²) in [5.74, 6) is -0.847. The van der Waals surface area contributed by atoms with Gasteiger partial charge >= 0.3 is 5.97 Å². The lowest BCUT2D eigenvalue weighted by molar-refractivity contribution is -0.150. The van der Waals surface area contributed by atoms with Crippen molar-refractivity contribution in [2.75, 3.05) is 6.61 Å². The predicted molar refractivity (Wildman–Crippen MR) is 84.0 cm³/mol. The summed E-state index contributed by atoms with van der Waals surface area (Å²) in [5, 5.41) is 11.8. The van der Waals surface area contributed by atoms with E-state index in [-0.39, 0.29) is 12.5 Å². The smallest absolute Gasteiger partial charge is 0.331 e. The third kappa shape index (κ3) is 7.22. The number of nitrogens with one attached hydrogen (secondary N) is 1. The Kier molecular flexibility index (Phi) is 8.91. The van der Waals surface area contributed by atoms with Crippen LogP contribution in [0.2, 0.25) is 0 Å². The first-order chi connectivity index (χ1) is 10.7. The van der Waals surface area contributed by atoms with Crippen LogP contribution in [0.3, 0.4) is 0 Å². The van der Waals surface area contributed by atoms with E-state index < -0.39 is 18.6 Å². The van der Waals surface area contributed by atoms with Crippen LogP contribution in [0, 0.1) is 0 Å². The van der Waals surface area contributed by atoms with Gasteiger partial charge in [-0.05, 0) is 12.0 Å². The molecular formula is C17H25NO4. The van der Waals surface area contributed by atoms with Crippen molar-refractivity contribution < 1.29 is 19.4 Å². The number of carbonyl (C=O) groups excluding carboxylic acids is 2. The summed E-state index contributed by atoms with van der Waals surface area (Å²) in [7, 11) is 0. The molecule has 122 valence electrons. The summed E-state index contributed by atoms with van der Waals surface area (Å²) in [4.78, 5) is 23.6. The predicted octanol–water partition coefficient (Wildman–Crippen LogP) is 2.18. The summed E-state index contributed by atoms with van der Waals surface area (Å²) in [6, 6.07) is 8.26. The zero-order valence-electron chi connectivity index (χ0n) is 13.1. The molecule has 5 heteroatoms. The van der Waals surface area contributed by atoms with E-state index in [1.807, 2.05) is 30.3 Å². The Morgan fingerprint density at radius 3 is 2.55 bits per heavy atom. The van der Waals surface area contributed by atoms with E-state index in [9.17, 15) is 14.7 Å². The zero-order chi connectivity index (χ0) is 16.2. The molecule has 0 aliphatic heterocycles. The molecular weight excluding hydrogens is 282 g/mol. The molecule has 22 heavy (non-hydrogen) atoms. The second-order valence-corrected chi connectivity index (χ2v) is 5.21. The number of aliphatic hydroxyl groups is 1. The summed E-state index contributed by atoms with van der Waals surface area (Å²) in [6.07, 6.45) is 4.34. The van der Waals surface area contributed by atoms with Crippen LogP contribution in [0.15, 0.2) is 30.3 Å². The van der Waals surface area contributed by atoms with Crippen LogP contribution < -0.4 is 5.32 Å². The SMILES string of the molecule is CCCCCCC(=O)N[C@H](CO)C(=O)OCc1ccccc1. The quantitative estimate of drug-likeness (QED) is 0.513. The van der Waals surface area contributed by atoms with Gasteiger partial charge in [0.1, 0.15) is 6.61 Å². The molecule has 0 fully saturated rings. The summed E-state index contributed by atoms with van der Waals surface area (Å²) in [6.45, 7) is 1.77. The minimum absolute atomic E-state index is 0.128. The number of rotatable bonds is 10. The van der Waals surface area contributed by atoms with Crippen molar-refractivity contribution >= 4 is 11.9 Å². The first-order valence-electron chi connectivity index (χ1n) is 7.78. The number of esters is 1. The third-order valence-electron chi connectivity index (χ3n) is 3.28. The minimum Gasteiger partial charge on any atom is -0.459 e. The molecule has 1 aromatic rings. The molecule has 0 bridgehead atoms. The number of hydrogen-bond acceptors (Lipinski definition) is 4. The van der Waals surface area contributed by atoms with Crippen LogP contribution in [0.5, 0.6) is 0 Å². The highest BCUT2D eigenvalue weighted by Crippen LogP contribution is 2.04. The first-order valence-corrected chi connectivity index (χ1v) is 7.78. The maximum atomic E-state index is 11.9. The third-order valence-corrected chi connectivity index (χ3v) is 3.28. The highest BCUT2D eigenvalue weighted by molar-refractivity contribution is 5.84. The van der Waals surface area contributed by atoms with Crippen LogP contribution in [0.25, 0.3) is 0 Å². The number of unbranched alkanes of at least 4 members (excludes halogenated alkanes) is 3. The van der Waals surface area contributed by atoms with E-state index in [1.165, 1.54) is 0 Å². The van der Waals surface area contributed by atoms with Gasteiger partial charge in [-0.25, -0.2) is 4.79 Å². The van der Waals surface area contributed by atoms with Gasteiger partial charge in [0.2, 0.25) is 5.91 Å². The molecule has 0 unspecified atom stereocenters. The van der Waals surface area contributed by atoms with Crippen molar-refractivity contribution in [3.05, 3.63) is 35.9 Å². The average molecular weight is 307 g/mol. The molecule has 0 aromatic heterocycles. The van der Waals surface area contributed by atoms with E-state index in [0.717, 1.165) is 31.2 Å². The van der Waals surface area contributed by atoms with Gasteiger partial charge in [0.05, 0.1) is 6.61 Å². The molecule has 0 aliphatic carbocycles. The molecule has 0 heterocycles. The molecule has 2 N–H and O–H groups in total. The molecule has 1 aromatic carbocycles. The Bertz CT molecular complexity index is 447. The topological polar surface area (TPSA) is 75.6 Å². The van der Waals surface area contributed by atoms with Gasteiger partial charge in [-0.15, -0.1) is 0 Å². The van der Waals surface area contributed by atoms with Gasteiger partial charge in [0.25, 0.3) is 0 Å². The lowest BCUT2D eigenvalue weighted by Gasteiger charge is -2.15. The largest absolute Gasteiger partial charge is 0.459 e. The van der Waals surface area contributed by atoms with Crippen LogP contribution in [0.4, 0.5) is 0 Å². The van der Waals surface area contributed by atoms with Gasteiger partial charge in [-0.1, -0.05) is 56.5 Å². The van der Waals surface area contributed by atoms with Crippen molar-refractivity contribution in [3.63, 3.8) is 0 Å². The van der Waals surface area contributed by atoms with E-state index in [0.29, 0.717) is 6.42 Å². The monoisotopic (exact) mass is 307 g/mol. The Balaban J connectivity index is 2.32. The number of ether oxygens (including phenoxy) is 1. The summed E-state index contributed by atoms with van der Waals surface area (Å²) < 4.78 is 5.11. The van der Waals surface area contributed by atoms with Gasteiger partial charge in [0, 0.05) is 6.42 Å². The van der Waals surface area contributed by atoms with Crippen molar-refractivity contribution in [2.45, 2.75) is 51.7 Å².